The number of para-hydroxylation sites is 1. The molecular formula is C12H19NO2. The van der Waals surface area contributed by atoms with Gasteiger partial charge in [0, 0.05) is 25.9 Å². The molecule has 0 saturated heterocycles. The van der Waals surface area contributed by atoms with Crippen LogP contribution in [0.25, 0.3) is 0 Å². The molecule has 0 bridgehead atoms. The lowest BCUT2D eigenvalue weighted by atomic mass is 10.0. The van der Waals surface area contributed by atoms with E-state index >= 15 is 0 Å². The van der Waals surface area contributed by atoms with Gasteiger partial charge >= 0.3 is 0 Å². The Kier molecular flexibility index (Phi) is 5.15. The van der Waals surface area contributed by atoms with Gasteiger partial charge in [0.2, 0.25) is 0 Å². The van der Waals surface area contributed by atoms with Gasteiger partial charge in [-0.15, -0.1) is 0 Å². The molecule has 3 nitrogen and oxygen atoms in total. The van der Waals surface area contributed by atoms with Gasteiger partial charge in [-0.05, 0) is 24.5 Å². The van der Waals surface area contributed by atoms with Crippen molar-refractivity contribution < 1.29 is 10.2 Å². The van der Waals surface area contributed by atoms with Gasteiger partial charge in [0.15, 0.2) is 0 Å². The van der Waals surface area contributed by atoms with Gasteiger partial charge in [0.1, 0.15) is 0 Å². The third-order valence-corrected chi connectivity index (χ3v) is 2.58. The lowest BCUT2D eigenvalue weighted by Gasteiger charge is -2.30. The van der Waals surface area contributed by atoms with E-state index in [9.17, 15) is 0 Å². The van der Waals surface area contributed by atoms with Gasteiger partial charge in [0.05, 0.1) is 6.61 Å². The zero-order valence-electron chi connectivity index (χ0n) is 9.19. The molecule has 84 valence electrons. The number of nitrogens with zero attached hydrogens (tertiary/aromatic N) is 1. The minimum atomic E-state index is 0.244. The van der Waals surface area contributed by atoms with Gasteiger partial charge in [-0.2, -0.15) is 0 Å². The van der Waals surface area contributed by atoms with Crippen LogP contribution in [0.2, 0.25) is 0 Å². The molecule has 15 heavy (non-hydrogen) atoms. The van der Waals surface area contributed by atoms with Crippen molar-refractivity contribution in [2.24, 2.45) is 0 Å². The van der Waals surface area contributed by atoms with Crippen molar-refractivity contribution >= 4 is 5.69 Å². The average Bonchev–Trinajstić information content (AvgIpc) is 2.33. The number of aliphatic hydroxyl groups excluding tert-OH is 2. The molecule has 0 amide bonds. The van der Waals surface area contributed by atoms with E-state index in [1.165, 1.54) is 24.1 Å². The number of hydrogen-bond donors (Lipinski definition) is 2. The summed E-state index contributed by atoms with van der Waals surface area (Å²) >= 11 is 0. The van der Waals surface area contributed by atoms with Gasteiger partial charge < -0.3 is 15.1 Å². The van der Waals surface area contributed by atoms with E-state index in [2.05, 4.69) is 29.2 Å². The fraction of sp³-hybridized carbons (Fsp3) is 0.500. The van der Waals surface area contributed by atoms with Crippen LogP contribution in [0.15, 0.2) is 24.3 Å². The van der Waals surface area contributed by atoms with Crippen LogP contribution in [0.5, 0.6) is 0 Å². The molecule has 0 saturated carbocycles. The zero-order chi connectivity index (χ0) is 11.1. The summed E-state index contributed by atoms with van der Waals surface area (Å²) in [6.45, 7) is 2.09. The van der Waals surface area contributed by atoms with Crippen LogP contribution < -0.4 is 4.90 Å². The lowest BCUT2D eigenvalue weighted by Crippen LogP contribution is -2.31. The van der Waals surface area contributed by atoms with E-state index in [1.807, 2.05) is 0 Å². The molecule has 0 spiro atoms. The van der Waals surface area contributed by atoms with Crippen LogP contribution in [-0.4, -0.2) is 37.0 Å². The molecule has 1 aliphatic rings. The minimum Gasteiger partial charge on any atom is -0.400 e. The number of benzene rings is 1. The van der Waals surface area contributed by atoms with Crippen LogP contribution in [0, 0.1) is 0 Å². The highest BCUT2D eigenvalue weighted by Crippen LogP contribution is 2.25. The Hall–Kier alpha value is -1.06. The first-order valence-electron chi connectivity index (χ1n) is 5.30. The van der Waals surface area contributed by atoms with Crippen LogP contribution in [0.3, 0.4) is 0 Å². The van der Waals surface area contributed by atoms with Crippen molar-refractivity contribution in [2.45, 2.75) is 12.8 Å². The van der Waals surface area contributed by atoms with E-state index < -0.39 is 0 Å². The molecule has 0 radical (unpaired) electrons. The van der Waals surface area contributed by atoms with Crippen molar-refractivity contribution in [3.8, 4) is 0 Å². The smallest absolute Gasteiger partial charge is 0.0606 e. The zero-order valence-corrected chi connectivity index (χ0v) is 9.19. The quantitative estimate of drug-likeness (QED) is 0.765. The first-order chi connectivity index (χ1) is 7.42. The molecule has 1 aromatic carbocycles. The molecule has 0 aliphatic carbocycles. The normalized spacial score (nSPS) is 13.9. The standard InChI is InChI=1S/C11H15NO.CH4O/c13-9-8-12-7-3-5-10-4-1-2-6-11(10)12;1-2/h1-2,4,6,13H,3,5,7-9H2;2H,1H3. The van der Waals surface area contributed by atoms with E-state index in [0.717, 1.165) is 20.2 Å². The third kappa shape index (κ3) is 2.94. The number of aryl methyl sites for hydroxylation is 1. The minimum absolute atomic E-state index is 0.244. The molecule has 1 aromatic rings. The van der Waals surface area contributed by atoms with E-state index in [4.69, 9.17) is 10.2 Å². The summed E-state index contributed by atoms with van der Waals surface area (Å²) < 4.78 is 0. The van der Waals surface area contributed by atoms with Gasteiger partial charge in [0.25, 0.3) is 0 Å². The molecule has 0 aromatic heterocycles. The van der Waals surface area contributed by atoms with Crippen molar-refractivity contribution in [3.05, 3.63) is 29.8 Å². The summed E-state index contributed by atoms with van der Waals surface area (Å²) in [4.78, 5) is 2.26. The second-order valence-electron chi connectivity index (χ2n) is 3.44. The van der Waals surface area contributed by atoms with Gasteiger partial charge in [-0.1, -0.05) is 18.2 Å². The average molecular weight is 209 g/mol. The number of β-amino-alcohol motifs (C(OH)–C–C–N with tert-alkyl or cyclic N) is 1. The van der Waals surface area contributed by atoms with Gasteiger partial charge in [-0.3, -0.25) is 0 Å². The molecular weight excluding hydrogens is 190 g/mol. The predicted octanol–water partition coefficient (Wildman–Crippen LogP) is 1.04. The van der Waals surface area contributed by atoms with Gasteiger partial charge in [-0.25, -0.2) is 0 Å². The number of fused-ring (bicyclic) bond motifs is 1. The molecule has 0 fully saturated rings. The number of anilines is 1. The Morgan fingerprint density at radius 3 is 2.73 bits per heavy atom. The van der Waals surface area contributed by atoms with Crippen LogP contribution >= 0.6 is 0 Å². The van der Waals surface area contributed by atoms with Crippen LogP contribution in [0.1, 0.15) is 12.0 Å². The molecule has 2 N–H and O–H groups in total. The second kappa shape index (κ2) is 6.43. The van der Waals surface area contributed by atoms with Crippen molar-refractivity contribution in [1.82, 2.24) is 0 Å². The Morgan fingerprint density at radius 2 is 2.00 bits per heavy atom. The Bertz CT molecular complexity index is 289. The molecule has 3 heteroatoms. The maximum Gasteiger partial charge on any atom is 0.0606 e. The Labute approximate surface area is 91.0 Å². The summed E-state index contributed by atoms with van der Waals surface area (Å²) in [5.41, 5.74) is 2.73. The Balaban J connectivity index is 0.000000531. The Morgan fingerprint density at radius 1 is 1.27 bits per heavy atom. The van der Waals surface area contributed by atoms with Crippen LogP contribution in [-0.2, 0) is 6.42 Å². The third-order valence-electron chi connectivity index (χ3n) is 2.58. The number of aliphatic hydroxyl groups is 2. The van der Waals surface area contributed by atoms with Crippen LogP contribution in [0.4, 0.5) is 5.69 Å². The summed E-state index contributed by atoms with van der Waals surface area (Å²) in [5, 5.41) is 15.9. The molecule has 1 heterocycles. The second-order valence-corrected chi connectivity index (χ2v) is 3.44. The number of rotatable bonds is 2. The highest BCUT2D eigenvalue weighted by molar-refractivity contribution is 5.55. The topological polar surface area (TPSA) is 43.7 Å². The monoisotopic (exact) mass is 209 g/mol. The largest absolute Gasteiger partial charge is 0.400 e. The molecule has 0 atom stereocenters. The highest BCUT2D eigenvalue weighted by atomic mass is 16.3. The number of hydrogen-bond acceptors (Lipinski definition) is 3. The maximum atomic E-state index is 8.90. The predicted molar refractivity (Wildman–Crippen MR) is 62.2 cm³/mol. The lowest BCUT2D eigenvalue weighted by molar-refractivity contribution is 0.301. The first-order valence-corrected chi connectivity index (χ1v) is 5.30. The van der Waals surface area contributed by atoms with Crippen molar-refractivity contribution in [3.63, 3.8) is 0 Å². The summed E-state index contributed by atoms with van der Waals surface area (Å²) in [7, 11) is 1.00. The van der Waals surface area contributed by atoms with Crippen molar-refractivity contribution in [2.75, 3.05) is 31.7 Å². The molecule has 0 unspecified atom stereocenters. The van der Waals surface area contributed by atoms with Crippen molar-refractivity contribution in [1.29, 1.82) is 0 Å². The fourth-order valence-electron chi connectivity index (χ4n) is 1.96. The maximum absolute atomic E-state index is 8.90. The summed E-state index contributed by atoms with van der Waals surface area (Å²) in [5.74, 6) is 0. The fourth-order valence-corrected chi connectivity index (χ4v) is 1.96. The summed E-state index contributed by atoms with van der Waals surface area (Å²) in [6, 6.07) is 8.47. The molecule has 1 aliphatic heterocycles. The summed E-state index contributed by atoms with van der Waals surface area (Å²) in [6.07, 6.45) is 2.38. The van der Waals surface area contributed by atoms with E-state index in [-0.39, 0.29) is 6.61 Å². The highest BCUT2D eigenvalue weighted by Gasteiger charge is 2.14. The molecule has 2 rings (SSSR count). The van der Waals surface area contributed by atoms with E-state index in [0.29, 0.717) is 0 Å². The van der Waals surface area contributed by atoms with E-state index in [1.54, 1.807) is 0 Å². The SMILES string of the molecule is CO.OCCN1CCCc2ccccc21. The first kappa shape index (κ1) is 12.0.